The van der Waals surface area contributed by atoms with E-state index < -0.39 is 0 Å². The second-order valence-corrected chi connectivity index (χ2v) is 6.25. The highest BCUT2D eigenvalue weighted by Gasteiger charge is 2.25. The summed E-state index contributed by atoms with van der Waals surface area (Å²) in [5.74, 6) is 0.520. The molecular weight excluding hydrogens is 283 g/mol. The Bertz CT molecular complexity index is 642. The third kappa shape index (κ3) is 3.29. The highest BCUT2D eigenvalue weighted by molar-refractivity contribution is 5.75. The van der Waals surface area contributed by atoms with Crippen molar-refractivity contribution in [1.29, 1.82) is 0 Å². The quantitative estimate of drug-likeness (QED) is 0.901. The van der Waals surface area contributed by atoms with Gasteiger partial charge in [0.25, 0.3) is 0 Å². The molecule has 1 saturated heterocycles. The summed E-state index contributed by atoms with van der Waals surface area (Å²) >= 11 is 0. The lowest BCUT2D eigenvalue weighted by atomic mass is 10.1. The van der Waals surface area contributed by atoms with Crippen LogP contribution in [0.25, 0.3) is 11.0 Å². The van der Waals surface area contributed by atoms with Crippen molar-refractivity contribution < 1.29 is 9.50 Å². The number of aromatic amines is 1. The van der Waals surface area contributed by atoms with Crippen LogP contribution in [-0.2, 0) is 6.54 Å². The van der Waals surface area contributed by atoms with Gasteiger partial charge in [-0.2, -0.15) is 0 Å². The molecule has 1 fully saturated rings. The first-order chi connectivity index (χ1) is 10.5. The summed E-state index contributed by atoms with van der Waals surface area (Å²) in [6.07, 6.45) is -0.299. The number of β-amino-alcohol motifs (C(OH)–C–C–N with tert-alkyl or cyclic N) is 1. The molecule has 2 heterocycles. The number of piperazine rings is 1. The predicted molar refractivity (Wildman–Crippen MR) is 84.0 cm³/mol. The van der Waals surface area contributed by atoms with Crippen molar-refractivity contribution >= 4 is 11.0 Å². The number of rotatable bonds is 4. The average Bonchev–Trinajstić information content (AvgIpc) is 2.85. The fourth-order valence-corrected chi connectivity index (χ4v) is 3.16. The Morgan fingerprint density at radius 1 is 1.45 bits per heavy atom. The number of fused-ring (bicyclic) bond motifs is 1. The number of para-hydroxylation sites is 1. The molecule has 120 valence electrons. The lowest BCUT2D eigenvalue weighted by Gasteiger charge is -2.40. The van der Waals surface area contributed by atoms with Gasteiger partial charge >= 0.3 is 0 Å². The Kier molecular flexibility index (Phi) is 4.42. The van der Waals surface area contributed by atoms with Gasteiger partial charge in [-0.25, -0.2) is 9.37 Å². The van der Waals surface area contributed by atoms with Gasteiger partial charge in [0.1, 0.15) is 11.3 Å². The van der Waals surface area contributed by atoms with Crippen LogP contribution in [0.3, 0.4) is 0 Å². The number of aliphatic hydroxyl groups is 1. The fourth-order valence-electron chi connectivity index (χ4n) is 3.16. The molecule has 2 atom stereocenters. The number of halogens is 1. The van der Waals surface area contributed by atoms with Crippen LogP contribution >= 0.6 is 0 Å². The van der Waals surface area contributed by atoms with Gasteiger partial charge in [-0.3, -0.25) is 9.80 Å². The van der Waals surface area contributed by atoms with E-state index in [1.54, 1.807) is 6.07 Å². The molecule has 2 N–H and O–H groups in total. The van der Waals surface area contributed by atoms with Gasteiger partial charge in [0.2, 0.25) is 0 Å². The van der Waals surface area contributed by atoms with Crippen molar-refractivity contribution in [2.45, 2.75) is 32.5 Å². The standard InChI is InChI=1S/C16H23FN4O/c1-11-8-20(6-7-21(11)9-12(2)22)10-15-18-14-5-3-4-13(17)16(14)19-15/h3-5,11-12,22H,6-10H2,1-2H3,(H,18,19)/t11-,12-/m0/s1. The first kappa shape index (κ1) is 15.4. The van der Waals surface area contributed by atoms with Crippen LogP contribution in [0, 0.1) is 5.82 Å². The van der Waals surface area contributed by atoms with Gasteiger partial charge in [-0.1, -0.05) is 6.07 Å². The molecule has 0 saturated carbocycles. The first-order valence-electron chi connectivity index (χ1n) is 7.80. The molecule has 5 nitrogen and oxygen atoms in total. The first-order valence-corrected chi connectivity index (χ1v) is 7.80. The van der Waals surface area contributed by atoms with E-state index in [0.717, 1.165) is 31.0 Å². The summed E-state index contributed by atoms with van der Waals surface area (Å²) in [5.41, 5.74) is 1.16. The highest BCUT2D eigenvalue weighted by atomic mass is 19.1. The molecule has 1 aliphatic rings. The predicted octanol–water partition coefficient (Wildman–Crippen LogP) is 1.59. The van der Waals surface area contributed by atoms with Crippen molar-refractivity contribution in [2.24, 2.45) is 0 Å². The fraction of sp³-hybridized carbons (Fsp3) is 0.562. The van der Waals surface area contributed by atoms with Gasteiger partial charge in [0.15, 0.2) is 5.82 Å². The number of imidazole rings is 1. The van der Waals surface area contributed by atoms with E-state index in [0.29, 0.717) is 24.6 Å². The zero-order valence-electron chi connectivity index (χ0n) is 13.1. The van der Waals surface area contributed by atoms with Gasteiger partial charge in [0.05, 0.1) is 18.2 Å². The molecule has 1 aromatic carbocycles. The maximum atomic E-state index is 13.7. The van der Waals surface area contributed by atoms with Crippen molar-refractivity contribution in [3.63, 3.8) is 0 Å². The van der Waals surface area contributed by atoms with E-state index in [4.69, 9.17) is 0 Å². The minimum Gasteiger partial charge on any atom is -0.392 e. The zero-order valence-corrected chi connectivity index (χ0v) is 13.1. The minimum absolute atomic E-state index is 0.282. The van der Waals surface area contributed by atoms with E-state index in [2.05, 4.69) is 26.7 Å². The van der Waals surface area contributed by atoms with Crippen LogP contribution in [0.15, 0.2) is 18.2 Å². The van der Waals surface area contributed by atoms with Gasteiger partial charge in [0, 0.05) is 32.2 Å². The molecule has 0 bridgehead atoms. The maximum absolute atomic E-state index is 13.7. The van der Waals surface area contributed by atoms with Gasteiger partial charge < -0.3 is 10.1 Å². The molecule has 1 aliphatic heterocycles. The largest absolute Gasteiger partial charge is 0.392 e. The number of nitrogens with zero attached hydrogens (tertiary/aromatic N) is 3. The van der Waals surface area contributed by atoms with Crippen LogP contribution < -0.4 is 0 Å². The summed E-state index contributed by atoms with van der Waals surface area (Å²) in [6, 6.07) is 5.36. The third-order valence-corrected chi connectivity index (χ3v) is 4.23. The number of H-pyrrole nitrogens is 1. The van der Waals surface area contributed by atoms with Gasteiger partial charge in [-0.05, 0) is 26.0 Å². The molecule has 2 aromatic rings. The number of aromatic nitrogens is 2. The van der Waals surface area contributed by atoms with E-state index in [1.165, 1.54) is 6.07 Å². The molecule has 3 rings (SSSR count). The van der Waals surface area contributed by atoms with Crippen molar-refractivity contribution in [2.75, 3.05) is 26.2 Å². The molecule has 6 heteroatoms. The highest BCUT2D eigenvalue weighted by Crippen LogP contribution is 2.17. The Hall–Kier alpha value is -1.50. The molecule has 22 heavy (non-hydrogen) atoms. The Labute approximate surface area is 129 Å². The second kappa shape index (κ2) is 6.32. The van der Waals surface area contributed by atoms with Crippen LogP contribution in [0.4, 0.5) is 4.39 Å². The van der Waals surface area contributed by atoms with Crippen LogP contribution in [0.5, 0.6) is 0 Å². The monoisotopic (exact) mass is 306 g/mol. The second-order valence-electron chi connectivity index (χ2n) is 6.25. The minimum atomic E-state index is -0.299. The van der Waals surface area contributed by atoms with Crippen molar-refractivity contribution in [3.05, 3.63) is 29.8 Å². The molecule has 1 aromatic heterocycles. The third-order valence-electron chi connectivity index (χ3n) is 4.23. The van der Waals surface area contributed by atoms with Gasteiger partial charge in [-0.15, -0.1) is 0 Å². The van der Waals surface area contributed by atoms with E-state index in [1.807, 2.05) is 13.0 Å². The molecule has 0 spiro atoms. The number of hydrogen-bond donors (Lipinski definition) is 2. The van der Waals surface area contributed by atoms with E-state index in [9.17, 15) is 9.50 Å². The summed E-state index contributed by atoms with van der Waals surface area (Å²) in [6.45, 7) is 8.18. The Balaban J connectivity index is 1.65. The van der Waals surface area contributed by atoms with Crippen LogP contribution in [0.1, 0.15) is 19.7 Å². The molecule has 0 amide bonds. The number of hydrogen-bond acceptors (Lipinski definition) is 4. The Morgan fingerprint density at radius 2 is 2.27 bits per heavy atom. The maximum Gasteiger partial charge on any atom is 0.151 e. The normalized spacial score (nSPS) is 22.3. The molecule has 0 aliphatic carbocycles. The molecule has 0 unspecified atom stereocenters. The van der Waals surface area contributed by atoms with E-state index >= 15 is 0 Å². The van der Waals surface area contributed by atoms with Crippen molar-refractivity contribution in [1.82, 2.24) is 19.8 Å². The van der Waals surface area contributed by atoms with Crippen LogP contribution in [-0.4, -0.2) is 63.2 Å². The van der Waals surface area contributed by atoms with Crippen LogP contribution in [0.2, 0.25) is 0 Å². The summed E-state index contributed by atoms with van der Waals surface area (Å²) < 4.78 is 13.7. The number of aliphatic hydroxyl groups excluding tert-OH is 1. The SMILES string of the molecule is C[C@H](O)CN1CCN(Cc2nc3c(F)cccc3[nH]2)C[C@@H]1C. The molecular formula is C16H23FN4O. The summed E-state index contributed by atoms with van der Waals surface area (Å²) in [5, 5.41) is 9.52. The Morgan fingerprint density at radius 3 is 2.95 bits per heavy atom. The lowest BCUT2D eigenvalue weighted by molar-refractivity contribution is 0.0415. The molecule has 0 radical (unpaired) electrons. The summed E-state index contributed by atoms with van der Waals surface area (Å²) in [4.78, 5) is 12.2. The number of nitrogens with one attached hydrogen (secondary N) is 1. The van der Waals surface area contributed by atoms with E-state index in [-0.39, 0.29) is 11.9 Å². The zero-order chi connectivity index (χ0) is 15.7. The number of benzene rings is 1. The summed E-state index contributed by atoms with van der Waals surface area (Å²) in [7, 11) is 0. The topological polar surface area (TPSA) is 55.4 Å². The lowest BCUT2D eigenvalue weighted by Crippen LogP contribution is -2.53. The van der Waals surface area contributed by atoms with Crippen molar-refractivity contribution in [3.8, 4) is 0 Å². The smallest absolute Gasteiger partial charge is 0.151 e. The average molecular weight is 306 g/mol.